The van der Waals surface area contributed by atoms with Crippen LogP contribution in [-0.4, -0.2) is 23.5 Å². The molecule has 1 aliphatic carbocycles. The first-order chi connectivity index (χ1) is 5.05. The summed E-state index contributed by atoms with van der Waals surface area (Å²) in [5.41, 5.74) is 2.02. The van der Waals surface area contributed by atoms with E-state index in [0.29, 0.717) is 5.54 Å². The molecule has 2 atom stereocenters. The Morgan fingerprint density at radius 3 is 2.73 bits per heavy atom. The minimum absolute atomic E-state index is 0.443. The fourth-order valence-electron chi connectivity index (χ4n) is 2.67. The molecular weight excluding hydrogens is 134 g/mol. The molecule has 0 radical (unpaired) electrons. The second-order valence-corrected chi connectivity index (χ2v) is 4.50. The Kier molecular flexibility index (Phi) is 1.26. The van der Waals surface area contributed by atoms with Crippen LogP contribution in [0.4, 0.5) is 0 Å². The first-order valence-corrected chi connectivity index (χ1v) is 4.44. The lowest BCUT2D eigenvalue weighted by Crippen LogP contribution is -2.67. The van der Waals surface area contributed by atoms with Gasteiger partial charge in [-0.3, -0.25) is 4.90 Å². The lowest BCUT2D eigenvalue weighted by Gasteiger charge is -2.58. The summed E-state index contributed by atoms with van der Waals surface area (Å²) in [6.45, 7) is 6.96. The molecule has 0 saturated carbocycles. The van der Waals surface area contributed by atoms with E-state index in [0.717, 1.165) is 12.0 Å². The molecule has 1 fully saturated rings. The summed E-state index contributed by atoms with van der Waals surface area (Å²) in [4.78, 5) is 2.50. The summed E-state index contributed by atoms with van der Waals surface area (Å²) in [7, 11) is 2.24. The molecule has 2 aliphatic rings. The second-order valence-electron chi connectivity index (χ2n) is 4.50. The molecule has 0 aromatic rings. The van der Waals surface area contributed by atoms with Crippen molar-refractivity contribution < 1.29 is 0 Å². The van der Waals surface area contributed by atoms with Crippen molar-refractivity contribution in [1.29, 1.82) is 0 Å². The molecule has 2 rings (SSSR count). The quantitative estimate of drug-likeness (QED) is 0.479. The molecule has 1 saturated heterocycles. The lowest BCUT2D eigenvalue weighted by molar-refractivity contribution is -0.0704. The van der Waals surface area contributed by atoms with E-state index in [9.17, 15) is 0 Å². The summed E-state index contributed by atoms with van der Waals surface area (Å²) in [5, 5.41) is 0. The molecule has 0 N–H and O–H groups in total. The maximum Gasteiger partial charge on any atom is 0.0355 e. The van der Waals surface area contributed by atoms with Gasteiger partial charge in [0.15, 0.2) is 0 Å². The van der Waals surface area contributed by atoms with Gasteiger partial charge in [0.05, 0.1) is 0 Å². The van der Waals surface area contributed by atoms with E-state index >= 15 is 0 Å². The van der Waals surface area contributed by atoms with E-state index in [4.69, 9.17) is 0 Å². The number of hydrogen-bond donors (Lipinski definition) is 0. The topological polar surface area (TPSA) is 3.24 Å². The summed E-state index contributed by atoms with van der Waals surface area (Å²) in [6, 6.07) is 0.769. The molecule has 11 heavy (non-hydrogen) atoms. The highest BCUT2D eigenvalue weighted by Gasteiger charge is 2.53. The minimum atomic E-state index is 0.443. The molecule has 1 aliphatic heterocycles. The normalized spacial score (nSPS) is 41.3. The SMILES string of the molecule is CC1=CCC2C1N(C)C2(C)C. The first kappa shape index (κ1) is 7.35. The van der Waals surface area contributed by atoms with Crippen molar-refractivity contribution in [1.82, 2.24) is 4.90 Å². The smallest absolute Gasteiger partial charge is 0.0355 e. The number of allylic oxidation sites excluding steroid dienone is 1. The van der Waals surface area contributed by atoms with E-state index in [1.807, 2.05) is 0 Å². The van der Waals surface area contributed by atoms with Crippen LogP contribution < -0.4 is 0 Å². The molecule has 1 heterocycles. The number of rotatable bonds is 0. The van der Waals surface area contributed by atoms with Crippen molar-refractivity contribution in [2.75, 3.05) is 7.05 Å². The molecule has 0 amide bonds. The highest BCUT2D eigenvalue weighted by Crippen LogP contribution is 2.49. The van der Waals surface area contributed by atoms with Gasteiger partial charge in [-0.1, -0.05) is 11.6 Å². The fourth-order valence-corrected chi connectivity index (χ4v) is 2.67. The van der Waals surface area contributed by atoms with E-state index in [-0.39, 0.29) is 0 Å². The second kappa shape index (κ2) is 1.89. The van der Waals surface area contributed by atoms with Crippen LogP contribution in [0, 0.1) is 5.92 Å². The molecular formula is C10H17N. The van der Waals surface area contributed by atoms with E-state index < -0.39 is 0 Å². The number of likely N-dealkylation sites (N-methyl/N-ethyl adjacent to an activating group) is 1. The molecule has 0 aromatic carbocycles. The Hall–Kier alpha value is -0.300. The van der Waals surface area contributed by atoms with Gasteiger partial charge in [-0.2, -0.15) is 0 Å². The molecule has 0 spiro atoms. The van der Waals surface area contributed by atoms with E-state index in [2.05, 4.69) is 38.8 Å². The maximum absolute atomic E-state index is 2.50. The van der Waals surface area contributed by atoms with E-state index in [1.54, 1.807) is 5.57 Å². The van der Waals surface area contributed by atoms with Gasteiger partial charge in [0.2, 0.25) is 0 Å². The van der Waals surface area contributed by atoms with Gasteiger partial charge < -0.3 is 0 Å². The summed E-state index contributed by atoms with van der Waals surface area (Å²) in [6.07, 6.45) is 3.70. The van der Waals surface area contributed by atoms with Gasteiger partial charge in [0.25, 0.3) is 0 Å². The zero-order valence-electron chi connectivity index (χ0n) is 7.89. The van der Waals surface area contributed by atoms with Crippen LogP contribution in [0.5, 0.6) is 0 Å². The Labute approximate surface area is 69.1 Å². The Morgan fingerprint density at radius 1 is 1.55 bits per heavy atom. The monoisotopic (exact) mass is 151 g/mol. The van der Waals surface area contributed by atoms with Gasteiger partial charge in [-0.05, 0) is 40.2 Å². The predicted octanol–water partition coefficient (Wildman–Crippen LogP) is 2.05. The molecule has 1 heteroatoms. The van der Waals surface area contributed by atoms with Crippen LogP contribution >= 0.6 is 0 Å². The number of nitrogens with zero attached hydrogens (tertiary/aromatic N) is 1. The first-order valence-electron chi connectivity index (χ1n) is 4.44. The number of fused-ring (bicyclic) bond motifs is 1. The summed E-state index contributed by atoms with van der Waals surface area (Å²) in [5.74, 6) is 0.896. The highest BCUT2D eigenvalue weighted by molar-refractivity contribution is 5.27. The third-order valence-corrected chi connectivity index (χ3v) is 3.78. The zero-order valence-corrected chi connectivity index (χ0v) is 7.89. The largest absolute Gasteiger partial charge is 0.294 e. The molecule has 0 bridgehead atoms. The van der Waals surface area contributed by atoms with Gasteiger partial charge in [-0.25, -0.2) is 0 Å². The molecule has 0 aromatic heterocycles. The van der Waals surface area contributed by atoms with Crippen molar-refractivity contribution in [3.8, 4) is 0 Å². The molecule has 2 unspecified atom stereocenters. The van der Waals surface area contributed by atoms with Crippen LogP contribution in [-0.2, 0) is 0 Å². The fraction of sp³-hybridized carbons (Fsp3) is 0.800. The van der Waals surface area contributed by atoms with Crippen molar-refractivity contribution in [2.45, 2.75) is 38.8 Å². The van der Waals surface area contributed by atoms with Gasteiger partial charge in [-0.15, -0.1) is 0 Å². The molecule has 62 valence electrons. The van der Waals surface area contributed by atoms with Crippen LogP contribution in [0.1, 0.15) is 27.2 Å². The third-order valence-electron chi connectivity index (χ3n) is 3.78. The van der Waals surface area contributed by atoms with E-state index in [1.165, 1.54) is 6.42 Å². The Bertz CT molecular complexity index is 215. The van der Waals surface area contributed by atoms with Crippen molar-refractivity contribution in [2.24, 2.45) is 5.92 Å². The number of likely N-dealkylation sites (tertiary alicyclic amines) is 1. The Balaban J connectivity index is 2.22. The van der Waals surface area contributed by atoms with Crippen LogP contribution in [0.3, 0.4) is 0 Å². The average molecular weight is 151 g/mol. The third kappa shape index (κ3) is 0.698. The molecule has 1 nitrogen and oxygen atoms in total. The standard InChI is InChI=1S/C10H17N/c1-7-5-6-8-9(7)11(4)10(8,2)3/h5,8-9H,6H2,1-4H3. The van der Waals surface area contributed by atoms with Crippen LogP contribution in [0.2, 0.25) is 0 Å². The van der Waals surface area contributed by atoms with Crippen LogP contribution in [0.15, 0.2) is 11.6 Å². The zero-order chi connectivity index (χ0) is 8.22. The average Bonchev–Trinajstić information content (AvgIpc) is 2.29. The van der Waals surface area contributed by atoms with Gasteiger partial charge >= 0.3 is 0 Å². The van der Waals surface area contributed by atoms with Crippen LogP contribution in [0.25, 0.3) is 0 Å². The minimum Gasteiger partial charge on any atom is -0.294 e. The summed E-state index contributed by atoms with van der Waals surface area (Å²) < 4.78 is 0. The van der Waals surface area contributed by atoms with Crippen molar-refractivity contribution >= 4 is 0 Å². The van der Waals surface area contributed by atoms with Gasteiger partial charge in [0, 0.05) is 11.6 Å². The number of hydrogen-bond acceptors (Lipinski definition) is 1. The van der Waals surface area contributed by atoms with Gasteiger partial charge in [0.1, 0.15) is 0 Å². The summed E-state index contributed by atoms with van der Waals surface area (Å²) >= 11 is 0. The van der Waals surface area contributed by atoms with Crippen molar-refractivity contribution in [3.05, 3.63) is 11.6 Å². The Morgan fingerprint density at radius 2 is 2.18 bits per heavy atom. The predicted molar refractivity (Wildman–Crippen MR) is 47.5 cm³/mol. The van der Waals surface area contributed by atoms with Crippen molar-refractivity contribution in [3.63, 3.8) is 0 Å². The maximum atomic E-state index is 2.50. The highest BCUT2D eigenvalue weighted by atomic mass is 15.3. The lowest BCUT2D eigenvalue weighted by atomic mass is 9.71.